The van der Waals surface area contributed by atoms with E-state index in [2.05, 4.69) is 41.7 Å². The zero-order valence-electron chi connectivity index (χ0n) is 20.4. The van der Waals surface area contributed by atoms with Crippen molar-refractivity contribution in [1.82, 2.24) is 5.32 Å². The molecule has 1 unspecified atom stereocenters. The van der Waals surface area contributed by atoms with Crippen molar-refractivity contribution in [1.29, 1.82) is 0 Å². The van der Waals surface area contributed by atoms with Crippen LogP contribution in [0, 0.1) is 6.92 Å². The fraction of sp³-hybridized carbons (Fsp3) is 0.276. The van der Waals surface area contributed by atoms with Gasteiger partial charge in [0.15, 0.2) is 0 Å². The number of nitrogens with one attached hydrogen (secondary N) is 1. The molecule has 1 N–H and O–H groups in total. The molecule has 3 aromatic carbocycles. The molecule has 1 atom stereocenters. The van der Waals surface area contributed by atoms with Crippen molar-refractivity contribution in [2.24, 2.45) is 0 Å². The first kappa shape index (κ1) is 23.6. The van der Waals surface area contributed by atoms with Gasteiger partial charge >= 0.3 is 0 Å². The second-order valence-electron chi connectivity index (χ2n) is 8.56. The number of amides is 1. The Labute approximate surface area is 200 Å². The Kier molecular flexibility index (Phi) is 7.03. The molecule has 0 fully saturated rings. The van der Waals surface area contributed by atoms with Gasteiger partial charge in [0.1, 0.15) is 11.3 Å². The SMILES string of the molecule is CCOc1c(/C(C)=C/C(=O)NC(C)COC)cc2c(-c3cccc4ccccc34)coc2c1C. The highest BCUT2D eigenvalue weighted by Crippen LogP contribution is 2.42. The average Bonchev–Trinajstić information content (AvgIpc) is 3.24. The summed E-state index contributed by atoms with van der Waals surface area (Å²) >= 11 is 0. The number of furan rings is 1. The highest BCUT2D eigenvalue weighted by molar-refractivity contribution is 6.07. The molecule has 176 valence electrons. The van der Waals surface area contributed by atoms with Gasteiger partial charge in [-0.05, 0) is 55.7 Å². The molecule has 0 radical (unpaired) electrons. The van der Waals surface area contributed by atoms with Gasteiger partial charge in [0.2, 0.25) is 5.91 Å². The van der Waals surface area contributed by atoms with Gasteiger partial charge < -0.3 is 19.2 Å². The zero-order valence-corrected chi connectivity index (χ0v) is 20.4. The van der Waals surface area contributed by atoms with Crippen LogP contribution in [0.25, 0.3) is 38.4 Å². The Balaban J connectivity index is 1.86. The second-order valence-corrected chi connectivity index (χ2v) is 8.56. The lowest BCUT2D eigenvalue weighted by molar-refractivity contribution is -0.117. The molecule has 4 aromatic rings. The Morgan fingerprint density at radius 1 is 1.12 bits per heavy atom. The predicted molar refractivity (Wildman–Crippen MR) is 138 cm³/mol. The number of methoxy groups -OCH3 is 1. The van der Waals surface area contributed by atoms with Crippen LogP contribution >= 0.6 is 0 Å². The summed E-state index contributed by atoms with van der Waals surface area (Å²) in [6, 6.07) is 16.6. The van der Waals surface area contributed by atoms with E-state index in [1.54, 1.807) is 13.2 Å². The van der Waals surface area contributed by atoms with E-state index in [9.17, 15) is 4.79 Å². The molecule has 0 aliphatic heterocycles. The third kappa shape index (κ3) is 4.57. The van der Waals surface area contributed by atoms with Crippen LogP contribution in [-0.2, 0) is 9.53 Å². The molecule has 4 rings (SSSR count). The number of aryl methyl sites for hydroxylation is 1. The maximum absolute atomic E-state index is 12.6. The van der Waals surface area contributed by atoms with Crippen LogP contribution in [-0.4, -0.2) is 32.3 Å². The Bertz CT molecular complexity index is 1360. The van der Waals surface area contributed by atoms with Crippen LogP contribution in [0.1, 0.15) is 31.9 Å². The molecule has 0 bridgehead atoms. The molecular weight excluding hydrogens is 426 g/mol. The summed E-state index contributed by atoms with van der Waals surface area (Å²) in [7, 11) is 1.62. The molecule has 0 saturated carbocycles. The fourth-order valence-corrected chi connectivity index (χ4v) is 4.46. The summed E-state index contributed by atoms with van der Waals surface area (Å²) in [6.07, 6.45) is 3.43. The van der Waals surface area contributed by atoms with E-state index in [0.717, 1.165) is 44.5 Å². The second kappa shape index (κ2) is 10.1. The third-order valence-corrected chi connectivity index (χ3v) is 5.99. The number of allylic oxidation sites excluding steroid dienone is 1. The number of carbonyl (C=O) groups excluding carboxylic acids is 1. The smallest absolute Gasteiger partial charge is 0.244 e. The summed E-state index contributed by atoms with van der Waals surface area (Å²) < 4.78 is 17.2. The van der Waals surface area contributed by atoms with Gasteiger partial charge in [0.25, 0.3) is 0 Å². The van der Waals surface area contributed by atoms with E-state index in [-0.39, 0.29) is 11.9 Å². The van der Waals surface area contributed by atoms with Gasteiger partial charge in [-0.25, -0.2) is 0 Å². The minimum Gasteiger partial charge on any atom is -0.493 e. The highest BCUT2D eigenvalue weighted by atomic mass is 16.5. The minimum absolute atomic E-state index is 0.0797. The van der Waals surface area contributed by atoms with Crippen molar-refractivity contribution in [3.63, 3.8) is 0 Å². The monoisotopic (exact) mass is 457 g/mol. The van der Waals surface area contributed by atoms with E-state index >= 15 is 0 Å². The van der Waals surface area contributed by atoms with Crippen molar-refractivity contribution >= 4 is 33.2 Å². The number of rotatable bonds is 8. The first-order valence-electron chi connectivity index (χ1n) is 11.6. The molecule has 1 heterocycles. The van der Waals surface area contributed by atoms with Crippen LogP contribution in [0.2, 0.25) is 0 Å². The number of fused-ring (bicyclic) bond motifs is 2. The molecular formula is C29H31NO4. The molecule has 0 aliphatic carbocycles. The Morgan fingerprint density at radius 2 is 1.88 bits per heavy atom. The topological polar surface area (TPSA) is 60.7 Å². The molecule has 0 spiro atoms. The number of benzene rings is 3. The normalized spacial score (nSPS) is 12.8. The van der Waals surface area contributed by atoms with E-state index in [0.29, 0.717) is 13.2 Å². The number of carbonyl (C=O) groups is 1. The van der Waals surface area contributed by atoms with Crippen molar-refractivity contribution in [3.8, 4) is 16.9 Å². The van der Waals surface area contributed by atoms with Gasteiger partial charge in [-0.3, -0.25) is 4.79 Å². The van der Waals surface area contributed by atoms with Gasteiger partial charge in [-0.15, -0.1) is 0 Å². The molecule has 1 amide bonds. The Hall–Kier alpha value is -3.57. The summed E-state index contributed by atoms with van der Waals surface area (Å²) in [6.45, 7) is 8.77. The van der Waals surface area contributed by atoms with Gasteiger partial charge in [0.05, 0.1) is 19.5 Å². The van der Waals surface area contributed by atoms with E-state index in [4.69, 9.17) is 13.9 Å². The van der Waals surface area contributed by atoms with Crippen LogP contribution in [0.4, 0.5) is 0 Å². The number of ether oxygens (including phenoxy) is 2. The van der Waals surface area contributed by atoms with Crippen LogP contribution in [0.15, 0.2) is 65.3 Å². The molecule has 5 nitrogen and oxygen atoms in total. The fourth-order valence-electron chi connectivity index (χ4n) is 4.46. The quantitative estimate of drug-likeness (QED) is 0.306. The summed E-state index contributed by atoms with van der Waals surface area (Å²) in [5.74, 6) is 0.573. The predicted octanol–water partition coefficient (Wildman–Crippen LogP) is 6.51. The van der Waals surface area contributed by atoms with E-state index in [1.165, 1.54) is 10.8 Å². The molecule has 0 aliphatic rings. The number of hydrogen-bond acceptors (Lipinski definition) is 4. The lowest BCUT2D eigenvalue weighted by atomic mass is 9.94. The average molecular weight is 458 g/mol. The standard InChI is InChI=1S/C29H31NO4/c1-6-33-28-20(4)29-25(15-24(28)18(2)14-27(31)30-19(3)16-32-5)26(17-34-29)23-13-9-11-21-10-7-8-12-22(21)23/h7-15,17,19H,6,16H2,1-5H3,(H,30,31)/b18-14+. The van der Waals surface area contributed by atoms with Crippen LogP contribution in [0.3, 0.4) is 0 Å². The molecule has 34 heavy (non-hydrogen) atoms. The maximum atomic E-state index is 12.6. The van der Waals surface area contributed by atoms with Gasteiger partial charge in [-0.1, -0.05) is 42.5 Å². The van der Waals surface area contributed by atoms with Crippen molar-refractivity contribution in [3.05, 3.63) is 72.0 Å². The minimum atomic E-state index is -0.163. The van der Waals surface area contributed by atoms with Gasteiger partial charge in [-0.2, -0.15) is 0 Å². The Morgan fingerprint density at radius 3 is 2.65 bits per heavy atom. The van der Waals surface area contributed by atoms with Crippen molar-refractivity contribution in [2.75, 3.05) is 20.3 Å². The molecule has 0 saturated heterocycles. The lowest BCUT2D eigenvalue weighted by Gasteiger charge is -2.16. The summed E-state index contributed by atoms with van der Waals surface area (Å²) in [5, 5.41) is 6.27. The first-order valence-corrected chi connectivity index (χ1v) is 11.6. The largest absolute Gasteiger partial charge is 0.493 e. The number of hydrogen-bond donors (Lipinski definition) is 1. The third-order valence-electron chi connectivity index (χ3n) is 5.99. The highest BCUT2D eigenvalue weighted by Gasteiger charge is 2.20. The van der Waals surface area contributed by atoms with Gasteiger partial charge in [0, 0.05) is 41.3 Å². The molecule has 5 heteroatoms. The van der Waals surface area contributed by atoms with Crippen molar-refractivity contribution in [2.45, 2.75) is 33.7 Å². The molecule has 1 aromatic heterocycles. The lowest BCUT2D eigenvalue weighted by Crippen LogP contribution is -2.34. The van der Waals surface area contributed by atoms with Crippen molar-refractivity contribution < 1.29 is 18.7 Å². The maximum Gasteiger partial charge on any atom is 0.244 e. The zero-order chi connectivity index (χ0) is 24.2. The summed E-state index contributed by atoms with van der Waals surface area (Å²) in [5.41, 5.74) is 5.54. The first-order chi connectivity index (χ1) is 16.4. The van der Waals surface area contributed by atoms with E-state index < -0.39 is 0 Å². The van der Waals surface area contributed by atoms with Crippen LogP contribution in [0.5, 0.6) is 5.75 Å². The summed E-state index contributed by atoms with van der Waals surface area (Å²) in [4.78, 5) is 12.6. The van der Waals surface area contributed by atoms with E-state index in [1.807, 2.05) is 46.1 Å². The van der Waals surface area contributed by atoms with Crippen LogP contribution < -0.4 is 10.1 Å².